The van der Waals surface area contributed by atoms with Crippen LogP contribution in [0.3, 0.4) is 0 Å². The van der Waals surface area contributed by atoms with Crippen LogP contribution in [0.15, 0.2) is 47.9 Å². The molecule has 0 spiro atoms. The van der Waals surface area contributed by atoms with Gasteiger partial charge in [-0.05, 0) is 36.8 Å². The maximum Gasteiger partial charge on any atom is 0.234 e. The van der Waals surface area contributed by atoms with E-state index in [1.165, 1.54) is 11.8 Å². The quantitative estimate of drug-likeness (QED) is 0.587. The molecule has 0 radical (unpaired) electrons. The van der Waals surface area contributed by atoms with Gasteiger partial charge in [0.05, 0.1) is 15.8 Å². The number of halogens is 2. The van der Waals surface area contributed by atoms with Gasteiger partial charge in [0.15, 0.2) is 5.82 Å². The number of hydrogen-bond acceptors (Lipinski definition) is 4. The fourth-order valence-corrected chi connectivity index (χ4v) is 3.41. The highest BCUT2D eigenvalue weighted by Gasteiger charge is 2.15. The van der Waals surface area contributed by atoms with Crippen molar-refractivity contribution in [3.8, 4) is 0 Å². The van der Waals surface area contributed by atoms with E-state index >= 15 is 0 Å². The number of amides is 1. The Hall–Kier alpha value is -1.96. The van der Waals surface area contributed by atoms with Crippen molar-refractivity contribution in [1.82, 2.24) is 19.5 Å². The molecule has 0 atom stereocenters. The lowest BCUT2D eigenvalue weighted by molar-refractivity contribution is -0.113. The van der Waals surface area contributed by atoms with Gasteiger partial charge >= 0.3 is 0 Å². The largest absolute Gasteiger partial charge is 0.325 e. The summed E-state index contributed by atoms with van der Waals surface area (Å²) in [7, 11) is 0. The van der Waals surface area contributed by atoms with Crippen molar-refractivity contribution in [3.05, 3.63) is 58.6 Å². The number of aromatic nitrogens is 4. The van der Waals surface area contributed by atoms with Gasteiger partial charge in [-0.1, -0.05) is 41.9 Å². The molecule has 0 bridgehead atoms. The zero-order chi connectivity index (χ0) is 18.5. The maximum atomic E-state index is 12.2. The van der Waals surface area contributed by atoms with Gasteiger partial charge < -0.3 is 5.32 Å². The molecule has 0 unspecified atom stereocenters. The zero-order valence-electron chi connectivity index (χ0n) is 14.0. The lowest BCUT2D eigenvalue weighted by Gasteiger charge is -2.11. The molecule has 2 aromatic heterocycles. The summed E-state index contributed by atoms with van der Waals surface area (Å²) in [5.41, 5.74) is 0.601. The van der Waals surface area contributed by atoms with Gasteiger partial charge in [0.2, 0.25) is 11.1 Å². The second-order valence-corrected chi connectivity index (χ2v) is 7.25. The van der Waals surface area contributed by atoms with Crippen molar-refractivity contribution in [2.24, 2.45) is 0 Å². The Labute approximate surface area is 165 Å². The SMILES string of the molecule is CCCc1nnc(SCC(=O)Nc2ccc(Cl)c(Cl)c2)n1-n1cccc1. The Kier molecular flexibility index (Phi) is 6.24. The highest BCUT2D eigenvalue weighted by molar-refractivity contribution is 7.99. The van der Waals surface area contributed by atoms with E-state index in [0.717, 1.165) is 18.7 Å². The number of thioether (sulfide) groups is 1. The number of anilines is 1. The first-order valence-corrected chi connectivity index (χ1v) is 9.78. The number of benzene rings is 1. The summed E-state index contributed by atoms with van der Waals surface area (Å²) >= 11 is 13.2. The van der Waals surface area contributed by atoms with E-state index in [1.807, 2.05) is 33.9 Å². The molecular weight excluding hydrogens is 393 g/mol. The topological polar surface area (TPSA) is 64.7 Å². The number of rotatable bonds is 7. The van der Waals surface area contributed by atoms with Crippen LogP contribution in [-0.2, 0) is 11.2 Å². The number of carbonyl (C=O) groups excluding carboxylic acids is 1. The molecule has 2 heterocycles. The molecular formula is C17H17Cl2N5OS. The summed E-state index contributed by atoms with van der Waals surface area (Å²) in [5, 5.41) is 12.8. The van der Waals surface area contributed by atoms with Crippen molar-refractivity contribution in [3.63, 3.8) is 0 Å². The van der Waals surface area contributed by atoms with Crippen LogP contribution in [-0.4, -0.2) is 31.2 Å². The summed E-state index contributed by atoms with van der Waals surface area (Å²) in [4.78, 5) is 12.2. The van der Waals surface area contributed by atoms with Crippen molar-refractivity contribution in [1.29, 1.82) is 0 Å². The fraction of sp³-hybridized carbons (Fsp3) is 0.235. The van der Waals surface area contributed by atoms with E-state index in [0.29, 0.717) is 20.9 Å². The second-order valence-electron chi connectivity index (χ2n) is 5.49. The smallest absolute Gasteiger partial charge is 0.234 e. The van der Waals surface area contributed by atoms with Crippen LogP contribution in [0.2, 0.25) is 10.0 Å². The average Bonchev–Trinajstić information content (AvgIpc) is 3.26. The van der Waals surface area contributed by atoms with Gasteiger partial charge in [-0.15, -0.1) is 10.2 Å². The van der Waals surface area contributed by atoms with Crippen molar-refractivity contribution in [2.45, 2.75) is 24.9 Å². The Morgan fingerprint density at radius 1 is 1.19 bits per heavy atom. The van der Waals surface area contributed by atoms with Crippen LogP contribution in [0, 0.1) is 0 Å². The predicted octanol–water partition coefficient (Wildman–Crippen LogP) is 4.38. The summed E-state index contributed by atoms with van der Waals surface area (Å²) < 4.78 is 3.82. The minimum atomic E-state index is -0.160. The Bertz CT molecular complexity index is 895. The molecule has 0 fully saturated rings. The molecule has 0 aliphatic rings. The number of carbonyl (C=O) groups is 1. The average molecular weight is 410 g/mol. The van der Waals surface area contributed by atoms with Crippen LogP contribution in [0.5, 0.6) is 0 Å². The molecule has 6 nitrogen and oxygen atoms in total. The minimum absolute atomic E-state index is 0.160. The van der Waals surface area contributed by atoms with E-state index < -0.39 is 0 Å². The summed E-state index contributed by atoms with van der Waals surface area (Å²) in [6.07, 6.45) is 5.60. The molecule has 1 aromatic carbocycles. The van der Waals surface area contributed by atoms with Crippen LogP contribution in [0.4, 0.5) is 5.69 Å². The number of nitrogens with zero attached hydrogens (tertiary/aromatic N) is 4. The molecule has 1 amide bonds. The van der Waals surface area contributed by atoms with Crippen molar-refractivity contribution < 1.29 is 4.79 Å². The first-order valence-electron chi connectivity index (χ1n) is 8.04. The minimum Gasteiger partial charge on any atom is -0.325 e. The number of aryl methyl sites for hydroxylation is 1. The molecule has 1 N–H and O–H groups in total. The molecule has 136 valence electrons. The molecule has 0 saturated carbocycles. The normalized spacial score (nSPS) is 10.9. The standard InChI is InChI=1S/C17H17Cl2N5OS/c1-2-5-15-21-22-17(24(15)23-8-3-4-9-23)26-11-16(25)20-12-6-7-13(18)14(19)10-12/h3-4,6-10H,2,5,11H2,1H3,(H,20,25). The van der Waals surface area contributed by atoms with E-state index in [4.69, 9.17) is 23.2 Å². The van der Waals surface area contributed by atoms with Gasteiger partial charge in [-0.25, -0.2) is 4.68 Å². The third-order valence-corrected chi connectivity index (χ3v) is 5.16. The lowest BCUT2D eigenvalue weighted by atomic mass is 10.3. The van der Waals surface area contributed by atoms with E-state index in [9.17, 15) is 4.79 Å². The summed E-state index contributed by atoms with van der Waals surface area (Å²) in [6, 6.07) is 8.83. The number of hydrogen-bond donors (Lipinski definition) is 1. The van der Waals surface area contributed by atoms with Crippen molar-refractivity contribution in [2.75, 3.05) is 11.1 Å². The van der Waals surface area contributed by atoms with Crippen LogP contribution in [0.1, 0.15) is 19.2 Å². The third kappa shape index (κ3) is 4.41. The van der Waals surface area contributed by atoms with Gasteiger partial charge in [0.1, 0.15) is 0 Å². The van der Waals surface area contributed by atoms with Gasteiger partial charge in [0, 0.05) is 24.5 Å². The van der Waals surface area contributed by atoms with E-state index in [-0.39, 0.29) is 11.7 Å². The molecule has 9 heteroatoms. The monoisotopic (exact) mass is 409 g/mol. The maximum absolute atomic E-state index is 12.2. The summed E-state index contributed by atoms with van der Waals surface area (Å²) in [6.45, 7) is 2.09. The Morgan fingerprint density at radius 2 is 1.96 bits per heavy atom. The molecule has 0 aliphatic carbocycles. The molecule has 0 aliphatic heterocycles. The molecule has 3 rings (SSSR count). The second kappa shape index (κ2) is 8.62. The van der Waals surface area contributed by atoms with Gasteiger partial charge in [-0.3, -0.25) is 9.47 Å². The van der Waals surface area contributed by atoms with Crippen molar-refractivity contribution >= 4 is 46.6 Å². The molecule has 26 heavy (non-hydrogen) atoms. The van der Waals surface area contributed by atoms with Gasteiger partial charge in [0.25, 0.3) is 0 Å². The highest BCUT2D eigenvalue weighted by Crippen LogP contribution is 2.25. The van der Waals surface area contributed by atoms with E-state index in [2.05, 4.69) is 22.4 Å². The number of nitrogens with one attached hydrogen (secondary N) is 1. The highest BCUT2D eigenvalue weighted by atomic mass is 35.5. The zero-order valence-corrected chi connectivity index (χ0v) is 16.4. The predicted molar refractivity (Wildman–Crippen MR) is 105 cm³/mol. The molecule has 0 saturated heterocycles. The fourth-order valence-electron chi connectivity index (χ4n) is 2.36. The molecule has 3 aromatic rings. The first-order chi connectivity index (χ1) is 12.6. The Balaban J connectivity index is 1.69. The first kappa shape index (κ1) is 18.8. The summed E-state index contributed by atoms with van der Waals surface area (Å²) in [5.74, 6) is 0.898. The van der Waals surface area contributed by atoms with E-state index in [1.54, 1.807) is 18.2 Å². The third-order valence-electron chi connectivity index (χ3n) is 3.51. The Morgan fingerprint density at radius 3 is 2.65 bits per heavy atom. The van der Waals surface area contributed by atoms with Crippen LogP contribution >= 0.6 is 35.0 Å². The van der Waals surface area contributed by atoms with Crippen LogP contribution < -0.4 is 5.32 Å². The van der Waals surface area contributed by atoms with Crippen LogP contribution in [0.25, 0.3) is 0 Å². The van der Waals surface area contributed by atoms with Gasteiger partial charge in [-0.2, -0.15) is 0 Å². The lowest BCUT2D eigenvalue weighted by Crippen LogP contribution is -2.16.